The third kappa shape index (κ3) is 3.01. The number of carbonyl (C=O) groups is 1. The second-order valence-corrected chi connectivity index (χ2v) is 4.22. The van der Waals surface area contributed by atoms with E-state index in [-0.39, 0.29) is 17.4 Å². The molecule has 2 aromatic rings. The lowest BCUT2D eigenvalue weighted by atomic mass is 10.3. The van der Waals surface area contributed by atoms with Gasteiger partial charge in [0.05, 0.1) is 0 Å². The number of hydrogen-bond donors (Lipinski definition) is 2. The predicted molar refractivity (Wildman–Crippen MR) is 68.5 cm³/mol. The van der Waals surface area contributed by atoms with Gasteiger partial charge in [-0.1, -0.05) is 22.0 Å². The predicted octanol–water partition coefficient (Wildman–Crippen LogP) is 2.07. The summed E-state index contributed by atoms with van der Waals surface area (Å²) in [5, 5.41) is 10.0. The molecule has 0 saturated heterocycles. The van der Waals surface area contributed by atoms with E-state index >= 15 is 0 Å². The van der Waals surface area contributed by atoms with Crippen molar-refractivity contribution >= 4 is 33.3 Å². The topological polar surface area (TPSA) is 80.9 Å². The Labute approximate surface area is 106 Å². The summed E-state index contributed by atoms with van der Waals surface area (Å²) in [5.74, 6) is -0.0420. The number of halogens is 1. The smallest absolute Gasteiger partial charge is 0.276 e. The van der Waals surface area contributed by atoms with E-state index in [4.69, 9.17) is 5.73 Å². The molecule has 0 aliphatic heterocycles. The van der Waals surface area contributed by atoms with Crippen LogP contribution in [0.15, 0.2) is 40.9 Å². The largest absolute Gasteiger partial charge is 0.382 e. The van der Waals surface area contributed by atoms with Crippen molar-refractivity contribution in [3.05, 3.63) is 46.6 Å². The highest BCUT2D eigenvalue weighted by atomic mass is 79.9. The van der Waals surface area contributed by atoms with Crippen LogP contribution in [0.3, 0.4) is 0 Å². The molecule has 17 heavy (non-hydrogen) atoms. The van der Waals surface area contributed by atoms with Gasteiger partial charge in [-0.3, -0.25) is 4.79 Å². The van der Waals surface area contributed by atoms with Gasteiger partial charge in [0.2, 0.25) is 0 Å². The number of aromatic nitrogens is 2. The Balaban J connectivity index is 2.14. The molecule has 0 aliphatic carbocycles. The van der Waals surface area contributed by atoms with E-state index in [1.165, 1.54) is 12.1 Å². The average molecular weight is 293 g/mol. The fourth-order valence-electron chi connectivity index (χ4n) is 1.23. The molecular formula is C11H9BrN4O. The zero-order valence-electron chi connectivity index (χ0n) is 8.72. The van der Waals surface area contributed by atoms with Crippen molar-refractivity contribution < 1.29 is 4.79 Å². The molecule has 3 N–H and O–H groups in total. The lowest BCUT2D eigenvalue weighted by Gasteiger charge is -2.04. The summed E-state index contributed by atoms with van der Waals surface area (Å²) in [6.45, 7) is 0. The third-order valence-electron chi connectivity index (χ3n) is 2.00. The van der Waals surface area contributed by atoms with Crippen molar-refractivity contribution in [1.29, 1.82) is 0 Å². The summed E-state index contributed by atoms with van der Waals surface area (Å²) in [7, 11) is 0. The van der Waals surface area contributed by atoms with Crippen molar-refractivity contribution in [3.63, 3.8) is 0 Å². The summed E-state index contributed by atoms with van der Waals surface area (Å²) >= 11 is 3.32. The van der Waals surface area contributed by atoms with Gasteiger partial charge in [-0.15, -0.1) is 10.2 Å². The number of hydrogen-bond acceptors (Lipinski definition) is 4. The monoisotopic (exact) mass is 292 g/mol. The quantitative estimate of drug-likeness (QED) is 0.888. The first-order chi connectivity index (χ1) is 8.15. The first-order valence-corrected chi connectivity index (χ1v) is 5.60. The second kappa shape index (κ2) is 4.92. The van der Waals surface area contributed by atoms with Gasteiger partial charge >= 0.3 is 0 Å². The molecule has 5 nitrogen and oxygen atoms in total. The minimum absolute atomic E-state index is 0.221. The van der Waals surface area contributed by atoms with Crippen LogP contribution in [0.5, 0.6) is 0 Å². The molecule has 0 atom stereocenters. The normalized spacial score (nSPS) is 9.94. The minimum atomic E-state index is -0.324. The highest BCUT2D eigenvalue weighted by Gasteiger charge is 2.08. The number of anilines is 2. The van der Waals surface area contributed by atoms with E-state index < -0.39 is 0 Å². The van der Waals surface area contributed by atoms with Crippen LogP contribution < -0.4 is 11.1 Å². The Morgan fingerprint density at radius 2 is 2.06 bits per heavy atom. The van der Waals surface area contributed by atoms with E-state index in [0.29, 0.717) is 5.69 Å². The zero-order chi connectivity index (χ0) is 12.3. The van der Waals surface area contributed by atoms with Crippen molar-refractivity contribution in [1.82, 2.24) is 10.2 Å². The van der Waals surface area contributed by atoms with Gasteiger partial charge in [-0.2, -0.15) is 0 Å². The summed E-state index contributed by atoms with van der Waals surface area (Å²) in [6.07, 6.45) is 0. The number of benzene rings is 1. The van der Waals surface area contributed by atoms with Crippen molar-refractivity contribution in [3.8, 4) is 0 Å². The van der Waals surface area contributed by atoms with Crippen LogP contribution in [0.1, 0.15) is 10.5 Å². The first kappa shape index (κ1) is 11.5. The van der Waals surface area contributed by atoms with E-state index in [9.17, 15) is 4.79 Å². The van der Waals surface area contributed by atoms with E-state index in [1.807, 2.05) is 12.1 Å². The maximum absolute atomic E-state index is 11.8. The fourth-order valence-corrected chi connectivity index (χ4v) is 1.62. The molecule has 0 unspecified atom stereocenters. The highest BCUT2D eigenvalue weighted by Crippen LogP contribution is 2.16. The van der Waals surface area contributed by atoms with Gasteiger partial charge in [0, 0.05) is 10.2 Å². The van der Waals surface area contributed by atoms with Gasteiger partial charge in [0.15, 0.2) is 5.69 Å². The number of amides is 1. The number of rotatable bonds is 2. The molecule has 0 radical (unpaired) electrons. The van der Waals surface area contributed by atoms with Crippen molar-refractivity contribution in [2.75, 3.05) is 11.1 Å². The molecule has 6 heteroatoms. The second-order valence-electron chi connectivity index (χ2n) is 3.31. The fraction of sp³-hybridized carbons (Fsp3) is 0. The molecule has 86 valence electrons. The number of nitrogen functional groups attached to an aromatic ring is 1. The lowest BCUT2D eigenvalue weighted by molar-refractivity contribution is 0.102. The molecule has 0 bridgehead atoms. The molecule has 2 rings (SSSR count). The van der Waals surface area contributed by atoms with Gasteiger partial charge in [0.25, 0.3) is 5.91 Å². The molecule has 0 aliphatic rings. The summed E-state index contributed by atoms with van der Waals surface area (Å²) < 4.78 is 0.888. The lowest BCUT2D eigenvalue weighted by Crippen LogP contribution is -2.14. The number of carbonyl (C=O) groups excluding carboxylic acids is 1. The Bertz CT molecular complexity index is 541. The standard InChI is InChI=1S/C11H9BrN4O/c12-7-2-1-3-8(6-7)14-11(17)9-4-5-10(13)16-15-9/h1-6H,(H2,13,16)(H,14,17). The number of nitrogens with zero attached hydrogens (tertiary/aromatic N) is 2. The molecule has 0 spiro atoms. The first-order valence-electron chi connectivity index (χ1n) is 4.81. The van der Waals surface area contributed by atoms with Crippen LogP contribution in [0.4, 0.5) is 11.5 Å². The summed E-state index contributed by atoms with van der Waals surface area (Å²) in [6, 6.07) is 10.3. The SMILES string of the molecule is Nc1ccc(C(=O)Nc2cccc(Br)c2)nn1. The van der Waals surface area contributed by atoms with Gasteiger partial charge in [-0.05, 0) is 30.3 Å². The zero-order valence-corrected chi connectivity index (χ0v) is 10.3. The van der Waals surface area contributed by atoms with Crippen LogP contribution in [0, 0.1) is 0 Å². The van der Waals surface area contributed by atoms with Crippen LogP contribution in [-0.4, -0.2) is 16.1 Å². The Hall–Kier alpha value is -1.95. The third-order valence-corrected chi connectivity index (χ3v) is 2.49. The van der Waals surface area contributed by atoms with Gasteiger partial charge < -0.3 is 11.1 Å². The highest BCUT2D eigenvalue weighted by molar-refractivity contribution is 9.10. The van der Waals surface area contributed by atoms with E-state index in [0.717, 1.165) is 4.47 Å². The van der Waals surface area contributed by atoms with Crippen LogP contribution in [0.2, 0.25) is 0 Å². The van der Waals surface area contributed by atoms with Crippen molar-refractivity contribution in [2.24, 2.45) is 0 Å². The van der Waals surface area contributed by atoms with Crippen LogP contribution >= 0.6 is 15.9 Å². The Morgan fingerprint density at radius 1 is 1.24 bits per heavy atom. The molecule has 0 saturated carbocycles. The minimum Gasteiger partial charge on any atom is -0.382 e. The van der Waals surface area contributed by atoms with Gasteiger partial charge in [-0.25, -0.2) is 0 Å². The van der Waals surface area contributed by atoms with Crippen LogP contribution in [0.25, 0.3) is 0 Å². The van der Waals surface area contributed by atoms with Gasteiger partial charge in [0.1, 0.15) is 5.82 Å². The maximum Gasteiger partial charge on any atom is 0.276 e. The number of nitrogens with two attached hydrogens (primary N) is 1. The Morgan fingerprint density at radius 3 is 2.71 bits per heavy atom. The molecular weight excluding hydrogens is 284 g/mol. The number of nitrogens with one attached hydrogen (secondary N) is 1. The van der Waals surface area contributed by atoms with Crippen LogP contribution in [-0.2, 0) is 0 Å². The molecule has 1 amide bonds. The average Bonchev–Trinajstić information content (AvgIpc) is 2.29. The molecule has 1 aromatic carbocycles. The van der Waals surface area contributed by atoms with E-state index in [1.54, 1.807) is 12.1 Å². The molecule has 1 heterocycles. The summed E-state index contributed by atoms with van der Waals surface area (Å²) in [4.78, 5) is 11.8. The maximum atomic E-state index is 11.8. The van der Waals surface area contributed by atoms with E-state index in [2.05, 4.69) is 31.4 Å². The Kier molecular flexibility index (Phi) is 3.34. The molecule has 1 aromatic heterocycles. The molecule has 0 fully saturated rings. The van der Waals surface area contributed by atoms with Crippen molar-refractivity contribution in [2.45, 2.75) is 0 Å². The summed E-state index contributed by atoms with van der Waals surface area (Å²) in [5.41, 5.74) is 6.29.